The molecule has 1 aliphatic rings. The molecule has 0 bridgehead atoms. The second-order valence-corrected chi connectivity index (χ2v) is 3.34. The fourth-order valence-electron chi connectivity index (χ4n) is 1.48. The quantitative estimate of drug-likeness (QED) is 0.602. The van der Waals surface area contributed by atoms with E-state index >= 15 is 0 Å². The highest BCUT2D eigenvalue weighted by atomic mass is 19.4. The van der Waals surface area contributed by atoms with E-state index in [0.29, 0.717) is 6.42 Å². The topological polar surface area (TPSA) is 29.1 Å². The summed E-state index contributed by atoms with van der Waals surface area (Å²) in [4.78, 5) is 0. The number of hydrogen-bond acceptors (Lipinski definition) is 1. The lowest BCUT2D eigenvalue weighted by atomic mass is 9.93. The molecule has 14 heavy (non-hydrogen) atoms. The zero-order valence-corrected chi connectivity index (χ0v) is 7.38. The van der Waals surface area contributed by atoms with Crippen molar-refractivity contribution in [1.29, 1.82) is 0 Å². The van der Waals surface area contributed by atoms with Gasteiger partial charge in [0.15, 0.2) is 6.10 Å². The Morgan fingerprint density at radius 3 is 2.57 bits per heavy atom. The molecule has 2 nitrogen and oxygen atoms in total. The van der Waals surface area contributed by atoms with Crippen LogP contribution in [0, 0.1) is 18.3 Å². The van der Waals surface area contributed by atoms with E-state index in [1.165, 1.54) is 0 Å². The second-order valence-electron chi connectivity index (χ2n) is 3.34. The molecule has 5 heteroatoms. The highest BCUT2D eigenvalue weighted by Crippen LogP contribution is 2.32. The van der Waals surface area contributed by atoms with Gasteiger partial charge in [-0.3, -0.25) is 0 Å². The van der Waals surface area contributed by atoms with Crippen molar-refractivity contribution in [1.82, 2.24) is 0 Å². The molecule has 1 saturated heterocycles. The lowest BCUT2D eigenvalue weighted by molar-refractivity contribution is -0.272. The fraction of sp³-hybridized carbons (Fsp3) is 0.778. The molecule has 0 aliphatic carbocycles. The molecule has 0 aromatic carbocycles. The van der Waals surface area contributed by atoms with Gasteiger partial charge in [0.25, 0.3) is 0 Å². The minimum atomic E-state index is -4.56. The smallest absolute Gasteiger partial charge is 0.366 e. The van der Waals surface area contributed by atoms with Crippen LogP contribution in [0.5, 0.6) is 0 Å². The molecule has 0 aromatic rings. The predicted octanol–water partition coefficient (Wildman–Crippen LogP) is 1.78. The van der Waals surface area contributed by atoms with Gasteiger partial charge in [-0.1, -0.05) is 0 Å². The molecule has 1 rings (SSSR count). The average molecular weight is 207 g/mol. The maximum absolute atomic E-state index is 12.1. The lowest BCUT2D eigenvalue weighted by Crippen LogP contribution is -2.47. The van der Waals surface area contributed by atoms with E-state index in [1.807, 2.05) is 0 Å². The van der Waals surface area contributed by atoms with E-state index in [-0.39, 0.29) is 18.9 Å². The van der Waals surface area contributed by atoms with E-state index < -0.39 is 18.4 Å². The van der Waals surface area contributed by atoms with Crippen LogP contribution in [0.15, 0.2) is 0 Å². The van der Waals surface area contributed by atoms with Crippen molar-refractivity contribution in [2.45, 2.75) is 31.2 Å². The van der Waals surface area contributed by atoms with Crippen LogP contribution in [0.3, 0.4) is 0 Å². The van der Waals surface area contributed by atoms with E-state index in [4.69, 9.17) is 6.42 Å². The number of alkyl halides is 3. The van der Waals surface area contributed by atoms with Crippen LogP contribution in [-0.2, 0) is 9.84 Å². The minimum absolute atomic E-state index is 0.0611. The Balaban J connectivity index is 2.53. The molecule has 0 aromatic heterocycles. The average Bonchev–Trinajstić information content (AvgIpc) is 2.02. The summed E-state index contributed by atoms with van der Waals surface area (Å²) in [5.41, 5.74) is 0. The number of terminal acetylenes is 1. The van der Waals surface area contributed by atoms with Crippen molar-refractivity contribution in [3.05, 3.63) is 0 Å². The van der Waals surface area contributed by atoms with Crippen molar-refractivity contribution in [2.75, 3.05) is 6.61 Å². The third-order valence-corrected chi connectivity index (χ3v) is 2.14. The van der Waals surface area contributed by atoms with Gasteiger partial charge in [-0.2, -0.15) is 13.2 Å². The first-order valence-corrected chi connectivity index (χ1v) is 4.22. The van der Waals surface area contributed by atoms with Crippen molar-refractivity contribution < 1.29 is 23.0 Å². The summed E-state index contributed by atoms with van der Waals surface area (Å²) in [5.74, 6) is 2.08. The summed E-state index contributed by atoms with van der Waals surface area (Å²) >= 11 is 0. The Labute approximate surface area is 80.1 Å². The molecule has 3 atom stereocenters. The molecular formula is C9H10F3O2. The van der Waals surface area contributed by atoms with Gasteiger partial charge in [-0.15, -0.1) is 12.3 Å². The first kappa shape index (κ1) is 11.3. The van der Waals surface area contributed by atoms with Gasteiger partial charge in [0, 0.05) is 6.42 Å². The van der Waals surface area contributed by atoms with E-state index in [2.05, 4.69) is 10.7 Å². The molecule has 1 heterocycles. The summed E-state index contributed by atoms with van der Waals surface area (Å²) in [6.45, 7) is -0.0763. The third kappa shape index (κ3) is 2.63. The SMILES string of the molecule is C#CCC1COC(C(F)(F)F)C([O])C1. The van der Waals surface area contributed by atoms with E-state index in [9.17, 15) is 18.3 Å². The molecule has 3 unspecified atom stereocenters. The Morgan fingerprint density at radius 1 is 1.50 bits per heavy atom. The molecule has 0 N–H and O–H groups in total. The summed E-state index contributed by atoms with van der Waals surface area (Å²) in [5, 5.41) is 11.1. The standard InChI is InChI=1S/C9H10F3O2/c1-2-3-6-4-7(13)8(14-5-6)9(10,11)12/h1,6-8H,3-5H2. The number of rotatable bonds is 1. The molecule has 0 saturated carbocycles. The van der Waals surface area contributed by atoms with Crippen molar-refractivity contribution >= 4 is 0 Å². The largest absolute Gasteiger partial charge is 0.417 e. The van der Waals surface area contributed by atoms with Crippen molar-refractivity contribution in [2.24, 2.45) is 5.92 Å². The molecular weight excluding hydrogens is 197 g/mol. The summed E-state index contributed by atoms with van der Waals surface area (Å²) in [6.07, 6.45) is -3.25. The lowest BCUT2D eigenvalue weighted by Gasteiger charge is -2.32. The predicted molar refractivity (Wildman–Crippen MR) is 41.8 cm³/mol. The van der Waals surface area contributed by atoms with Crippen LogP contribution >= 0.6 is 0 Å². The van der Waals surface area contributed by atoms with E-state index in [1.54, 1.807) is 0 Å². The van der Waals surface area contributed by atoms with Crippen molar-refractivity contribution in [3.63, 3.8) is 0 Å². The fourth-order valence-corrected chi connectivity index (χ4v) is 1.48. The van der Waals surface area contributed by atoms with Gasteiger partial charge < -0.3 is 4.74 Å². The van der Waals surface area contributed by atoms with Crippen LogP contribution in [0.1, 0.15) is 12.8 Å². The van der Waals surface area contributed by atoms with Gasteiger partial charge in [0.05, 0.1) is 6.61 Å². The van der Waals surface area contributed by atoms with Gasteiger partial charge in [0.1, 0.15) is 6.10 Å². The molecule has 0 amide bonds. The van der Waals surface area contributed by atoms with Gasteiger partial charge in [-0.05, 0) is 12.3 Å². The Morgan fingerprint density at radius 2 is 2.14 bits per heavy atom. The third-order valence-electron chi connectivity index (χ3n) is 2.14. The molecule has 0 spiro atoms. The van der Waals surface area contributed by atoms with Crippen LogP contribution in [0.4, 0.5) is 13.2 Å². The van der Waals surface area contributed by atoms with Crippen LogP contribution < -0.4 is 0 Å². The Kier molecular flexibility index (Phi) is 3.40. The first-order chi connectivity index (χ1) is 6.45. The van der Waals surface area contributed by atoms with Crippen molar-refractivity contribution in [3.8, 4) is 12.3 Å². The van der Waals surface area contributed by atoms with Gasteiger partial charge in [-0.25, -0.2) is 5.11 Å². The maximum Gasteiger partial charge on any atom is 0.417 e. The zero-order chi connectivity index (χ0) is 10.8. The van der Waals surface area contributed by atoms with Crippen LogP contribution in [-0.4, -0.2) is 25.0 Å². The highest BCUT2D eigenvalue weighted by Gasteiger charge is 2.49. The first-order valence-electron chi connectivity index (χ1n) is 4.22. The van der Waals surface area contributed by atoms with Gasteiger partial charge in [0.2, 0.25) is 0 Å². The molecule has 79 valence electrons. The zero-order valence-electron chi connectivity index (χ0n) is 7.38. The van der Waals surface area contributed by atoms with Crippen LogP contribution in [0.25, 0.3) is 0 Å². The van der Waals surface area contributed by atoms with E-state index in [0.717, 1.165) is 0 Å². The molecule has 1 aliphatic heterocycles. The number of hydrogen-bond donors (Lipinski definition) is 0. The highest BCUT2D eigenvalue weighted by molar-refractivity contribution is 4.91. The normalized spacial score (nSPS) is 33.8. The number of halogens is 3. The summed E-state index contributed by atoms with van der Waals surface area (Å²) in [6, 6.07) is 0. The Bertz CT molecular complexity index is 231. The Hall–Kier alpha value is -0.730. The molecule has 1 radical (unpaired) electrons. The minimum Gasteiger partial charge on any atom is -0.366 e. The van der Waals surface area contributed by atoms with Gasteiger partial charge >= 0.3 is 6.18 Å². The second kappa shape index (κ2) is 4.20. The molecule has 1 fully saturated rings. The summed E-state index contributed by atoms with van der Waals surface area (Å²) in [7, 11) is 0. The summed E-state index contributed by atoms with van der Waals surface area (Å²) < 4.78 is 40.9. The number of ether oxygens (including phenoxy) is 1. The monoisotopic (exact) mass is 207 g/mol. The maximum atomic E-state index is 12.1. The van der Waals surface area contributed by atoms with Crippen LogP contribution in [0.2, 0.25) is 0 Å².